The molecule has 0 unspecified atom stereocenters. The lowest BCUT2D eigenvalue weighted by molar-refractivity contribution is 0.786. The molecular formula is C9H12N4S. The van der Waals surface area contributed by atoms with Crippen LogP contribution >= 0.6 is 12.2 Å². The maximum Gasteiger partial charge on any atom is 0.242 e. The molecule has 0 spiro atoms. The highest BCUT2D eigenvalue weighted by atomic mass is 32.1. The number of nitrogens with one attached hydrogen (secondary N) is 1. The Kier molecular flexibility index (Phi) is 4.00. The molecule has 0 aliphatic heterocycles. The number of nitrogens with zero attached hydrogens (tertiary/aromatic N) is 3. The van der Waals surface area contributed by atoms with Gasteiger partial charge in [-0.1, -0.05) is 42.4 Å². The summed E-state index contributed by atoms with van der Waals surface area (Å²) in [5, 5.41) is 9.92. The zero-order chi connectivity index (χ0) is 10.4. The van der Waals surface area contributed by atoms with Gasteiger partial charge in [-0.15, -0.1) is 0 Å². The van der Waals surface area contributed by atoms with E-state index in [1.807, 2.05) is 44.2 Å². The fraction of sp³-hybridized carbons (Fsp3) is 0.222. The van der Waals surface area contributed by atoms with Crippen LogP contribution in [0.5, 0.6) is 0 Å². The molecule has 1 N–H and O–H groups in total. The number of hydrogen-bond donors (Lipinski definition) is 1. The van der Waals surface area contributed by atoms with E-state index in [9.17, 15) is 0 Å². The molecule has 4 nitrogen and oxygen atoms in total. The van der Waals surface area contributed by atoms with E-state index in [1.54, 1.807) is 4.68 Å². The average molecular weight is 208 g/mol. The lowest BCUT2D eigenvalue weighted by atomic mass is 10.3. The Bertz CT molecular complexity index is 418. The maximum absolute atomic E-state index is 4.93. The molecule has 0 amide bonds. The third-order valence-electron chi connectivity index (χ3n) is 1.49. The predicted octanol–water partition coefficient (Wildman–Crippen LogP) is 2.35. The molecule has 5 heteroatoms. The van der Waals surface area contributed by atoms with Crippen molar-refractivity contribution in [3.05, 3.63) is 35.1 Å². The predicted molar refractivity (Wildman–Crippen MR) is 57.9 cm³/mol. The molecule has 0 radical (unpaired) electrons. The Hall–Kier alpha value is -1.49. The van der Waals surface area contributed by atoms with Gasteiger partial charge in [-0.3, -0.25) is 0 Å². The van der Waals surface area contributed by atoms with Crippen LogP contribution in [0.2, 0.25) is 0 Å². The Morgan fingerprint density at radius 3 is 2.36 bits per heavy atom. The van der Waals surface area contributed by atoms with Crippen molar-refractivity contribution in [2.24, 2.45) is 0 Å². The zero-order valence-corrected chi connectivity index (χ0v) is 8.95. The molecule has 2 rings (SSSR count). The molecule has 0 fully saturated rings. The van der Waals surface area contributed by atoms with Gasteiger partial charge in [0.1, 0.15) is 0 Å². The van der Waals surface area contributed by atoms with Crippen molar-refractivity contribution >= 4 is 12.2 Å². The maximum atomic E-state index is 4.93. The number of hydrogen-bond acceptors (Lipinski definition) is 3. The van der Waals surface area contributed by atoms with Gasteiger partial charge in [-0.25, -0.2) is 4.68 Å². The number of benzene rings is 1. The monoisotopic (exact) mass is 208 g/mol. The first-order chi connectivity index (χ1) is 6.88. The SMILES string of the molecule is CC.S=c1nn[nH]n1-c1ccccc1. The van der Waals surface area contributed by atoms with E-state index < -0.39 is 0 Å². The smallest absolute Gasteiger partial charge is 0.210 e. The Balaban J connectivity index is 0.000000461. The van der Waals surface area contributed by atoms with Crippen molar-refractivity contribution in [2.45, 2.75) is 13.8 Å². The van der Waals surface area contributed by atoms with Crippen molar-refractivity contribution in [2.75, 3.05) is 0 Å². The minimum absolute atomic E-state index is 0.432. The van der Waals surface area contributed by atoms with Gasteiger partial charge in [0.25, 0.3) is 0 Å². The van der Waals surface area contributed by atoms with Gasteiger partial charge in [-0.05, 0) is 24.4 Å². The number of tetrazole rings is 1. The molecule has 0 atom stereocenters. The van der Waals surface area contributed by atoms with Crippen LogP contribution in [-0.2, 0) is 0 Å². The summed E-state index contributed by atoms with van der Waals surface area (Å²) in [7, 11) is 0. The number of rotatable bonds is 1. The molecule has 0 bridgehead atoms. The summed E-state index contributed by atoms with van der Waals surface area (Å²) in [6.45, 7) is 4.00. The van der Waals surface area contributed by atoms with Crippen LogP contribution in [0, 0.1) is 4.77 Å². The van der Waals surface area contributed by atoms with Gasteiger partial charge in [0, 0.05) is 0 Å². The van der Waals surface area contributed by atoms with Crippen molar-refractivity contribution in [3.8, 4) is 5.69 Å². The van der Waals surface area contributed by atoms with Crippen LogP contribution in [0.4, 0.5) is 0 Å². The van der Waals surface area contributed by atoms with Gasteiger partial charge in [0.2, 0.25) is 4.77 Å². The van der Waals surface area contributed by atoms with Crippen molar-refractivity contribution < 1.29 is 0 Å². The van der Waals surface area contributed by atoms with Crippen LogP contribution in [0.15, 0.2) is 30.3 Å². The third-order valence-corrected chi connectivity index (χ3v) is 1.75. The van der Waals surface area contributed by atoms with Crippen molar-refractivity contribution in [1.82, 2.24) is 20.2 Å². The number of aromatic nitrogens is 4. The van der Waals surface area contributed by atoms with Crippen LogP contribution in [0.3, 0.4) is 0 Å². The standard InChI is InChI=1S/C7H6N4S.C2H6/c12-7-8-9-10-11(7)6-4-2-1-3-5-6;1-2/h1-5H,(H,8,10,12);1-2H3. The lowest BCUT2D eigenvalue weighted by Crippen LogP contribution is -1.95. The summed E-state index contributed by atoms with van der Waals surface area (Å²) in [5.74, 6) is 0. The van der Waals surface area contributed by atoms with E-state index in [0.29, 0.717) is 4.77 Å². The normalized spacial score (nSPS) is 9.00. The molecule has 14 heavy (non-hydrogen) atoms. The minimum Gasteiger partial charge on any atom is -0.210 e. The Morgan fingerprint density at radius 2 is 1.86 bits per heavy atom. The van der Waals surface area contributed by atoms with E-state index in [4.69, 9.17) is 12.2 Å². The molecular weight excluding hydrogens is 196 g/mol. The highest BCUT2D eigenvalue weighted by molar-refractivity contribution is 7.71. The first-order valence-corrected chi connectivity index (χ1v) is 4.84. The topological polar surface area (TPSA) is 46.5 Å². The highest BCUT2D eigenvalue weighted by Crippen LogP contribution is 2.03. The molecule has 2 aromatic rings. The summed E-state index contributed by atoms with van der Waals surface area (Å²) in [4.78, 5) is 0. The Morgan fingerprint density at radius 1 is 1.21 bits per heavy atom. The molecule has 0 aliphatic rings. The fourth-order valence-corrected chi connectivity index (χ4v) is 1.13. The molecule has 1 heterocycles. The first-order valence-electron chi connectivity index (χ1n) is 4.43. The number of aromatic amines is 1. The minimum atomic E-state index is 0.432. The van der Waals surface area contributed by atoms with Gasteiger partial charge in [0.15, 0.2) is 0 Å². The number of para-hydroxylation sites is 1. The molecule has 1 aromatic carbocycles. The number of H-pyrrole nitrogens is 1. The quantitative estimate of drug-likeness (QED) is 0.732. The second-order valence-corrected chi connectivity index (χ2v) is 2.62. The molecule has 0 saturated carbocycles. The lowest BCUT2D eigenvalue weighted by Gasteiger charge is -1.97. The molecule has 0 aliphatic carbocycles. The van der Waals surface area contributed by atoms with Crippen LogP contribution in [-0.4, -0.2) is 20.2 Å². The summed E-state index contributed by atoms with van der Waals surface area (Å²) in [5.41, 5.74) is 0.938. The summed E-state index contributed by atoms with van der Waals surface area (Å²) >= 11 is 4.93. The first kappa shape index (κ1) is 10.6. The summed E-state index contributed by atoms with van der Waals surface area (Å²) < 4.78 is 2.07. The molecule has 1 aromatic heterocycles. The van der Waals surface area contributed by atoms with E-state index >= 15 is 0 Å². The zero-order valence-electron chi connectivity index (χ0n) is 8.14. The summed E-state index contributed by atoms with van der Waals surface area (Å²) in [6, 6.07) is 9.65. The highest BCUT2D eigenvalue weighted by Gasteiger charge is 1.95. The van der Waals surface area contributed by atoms with Gasteiger partial charge in [-0.2, -0.15) is 5.21 Å². The second-order valence-electron chi connectivity index (χ2n) is 2.25. The van der Waals surface area contributed by atoms with Crippen molar-refractivity contribution in [1.29, 1.82) is 0 Å². The molecule has 0 saturated heterocycles. The third kappa shape index (κ3) is 2.26. The Labute approximate surface area is 87.6 Å². The van der Waals surface area contributed by atoms with E-state index in [-0.39, 0.29) is 0 Å². The van der Waals surface area contributed by atoms with E-state index in [0.717, 1.165) is 5.69 Å². The van der Waals surface area contributed by atoms with Crippen LogP contribution in [0.1, 0.15) is 13.8 Å². The van der Waals surface area contributed by atoms with Gasteiger partial charge in [0.05, 0.1) is 5.69 Å². The second kappa shape index (κ2) is 5.29. The summed E-state index contributed by atoms with van der Waals surface area (Å²) in [6.07, 6.45) is 0. The van der Waals surface area contributed by atoms with E-state index in [2.05, 4.69) is 15.5 Å². The van der Waals surface area contributed by atoms with Crippen LogP contribution < -0.4 is 0 Å². The van der Waals surface area contributed by atoms with Crippen molar-refractivity contribution in [3.63, 3.8) is 0 Å². The van der Waals surface area contributed by atoms with Crippen LogP contribution in [0.25, 0.3) is 5.69 Å². The van der Waals surface area contributed by atoms with E-state index in [1.165, 1.54) is 0 Å². The van der Waals surface area contributed by atoms with Gasteiger partial charge >= 0.3 is 0 Å². The molecule has 74 valence electrons. The fourth-order valence-electron chi connectivity index (χ4n) is 0.943. The van der Waals surface area contributed by atoms with Gasteiger partial charge < -0.3 is 0 Å². The largest absolute Gasteiger partial charge is 0.242 e. The average Bonchev–Trinajstić information content (AvgIpc) is 2.69.